The van der Waals surface area contributed by atoms with Gasteiger partial charge in [0.05, 0.1) is 10.6 Å². The van der Waals surface area contributed by atoms with Crippen LogP contribution in [0.3, 0.4) is 0 Å². The first-order chi connectivity index (χ1) is 12.5. The molecule has 1 aromatic heterocycles. The number of ketones is 1. The zero-order valence-corrected chi connectivity index (χ0v) is 16.4. The number of anilines is 1. The quantitative estimate of drug-likeness (QED) is 0.434. The molecular weight excluding hydrogens is 412 g/mol. The van der Waals surface area contributed by atoms with E-state index in [1.165, 1.54) is 11.3 Å². The first-order valence-electron chi connectivity index (χ1n) is 8.01. The summed E-state index contributed by atoms with van der Waals surface area (Å²) in [6, 6.07) is 18.3. The van der Waals surface area contributed by atoms with Gasteiger partial charge in [-0.25, -0.2) is 0 Å². The molecule has 1 atom stereocenters. The van der Waals surface area contributed by atoms with Crippen molar-refractivity contribution < 1.29 is 9.59 Å². The Morgan fingerprint density at radius 1 is 1.00 bits per heavy atom. The van der Waals surface area contributed by atoms with Gasteiger partial charge in [-0.3, -0.25) is 9.59 Å². The minimum Gasteiger partial charge on any atom is -0.358 e. The van der Waals surface area contributed by atoms with E-state index in [2.05, 4.69) is 26.6 Å². The average molecular weight is 429 g/mol. The first kappa shape index (κ1) is 18.4. The number of carbonyl (C=O) groups excluding carboxylic acids is 2. The highest BCUT2D eigenvalue weighted by Gasteiger charge is 2.23. The molecule has 0 spiro atoms. The fourth-order valence-electron chi connectivity index (χ4n) is 2.40. The van der Waals surface area contributed by atoms with Crippen LogP contribution in [0.2, 0.25) is 0 Å². The molecule has 1 heterocycles. The standard InChI is InChI=1S/C20H17BrN2O2S/c1-13-8-10-14(11-9-13)18(24)19(22-16-6-3-2-5-15(16)21)23-20(25)17-7-4-12-26-17/h2-12,19,22H,1H3,(H,23,25)/t19-/m1/s1. The molecule has 0 unspecified atom stereocenters. The number of halogens is 1. The van der Waals surface area contributed by atoms with Crippen LogP contribution in [0.1, 0.15) is 25.6 Å². The third-order valence-electron chi connectivity index (χ3n) is 3.79. The fraction of sp³-hybridized carbons (Fsp3) is 0.100. The Bertz CT molecular complexity index is 908. The van der Waals surface area contributed by atoms with E-state index in [9.17, 15) is 9.59 Å². The largest absolute Gasteiger partial charge is 0.358 e. The maximum atomic E-state index is 13.0. The molecule has 2 aromatic carbocycles. The summed E-state index contributed by atoms with van der Waals surface area (Å²) in [5.74, 6) is -0.490. The Labute approximate surface area is 164 Å². The van der Waals surface area contributed by atoms with E-state index in [4.69, 9.17) is 0 Å². The van der Waals surface area contributed by atoms with Crippen molar-refractivity contribution in [2.24, 2.45) is 0 Å². The number of rotatable bonds is 6. The van der Waals surface area contributed by atoms with Crippen molar-refractivity contribution in [3.05, 3.63) is 86.5 Å². The Balaban J connectivity index is 1.87. The lowest BCUT2D eigenvalue weighted by Gasteiger charge is -2.21. The molecule has 132 valence electrons. The lowest BCUT2D eigenvalue weighted by molar-refractivity contribution is 0.0872. The van der Waals surface area contributed by atoms with Crippen LogP contribution in [0.15, 0.2) is 70.5 Å². The van der Waals surface area contributed by atoms with E-state index in [1.54, 1.807) is 24.3 Å². The zero-order chi connectivity index (χ0) is 18.5. The molecule has 3 rings (SSSR count). The second-order valence-electron chi connectivity index (χ2n) is 5.74. The Morgan fingerprint density at radius 2 is 1.73 bits per heavy atom. The van der Waals surface area contributed by atoms with Crippen LogP contribution < -0.4 is 10.6 Å². The van der Waals surface area contributed by atoms with E-state index < -0.39 is 6.17 Å². The number of hydrogen-bond donors (Lipinski definition) is 2. The van der Waals surface area contributed by atoms with Crippen molar-refractivity contribution in [3.8, 4) is 0 Å². The van der Waals surface area contributed by atoms with Crippen LogP contribution in [0.5, 0.6) is 0 Å². The lowest BCUT2D eigenvalue weighted by Crippen LogP contribution is -2.46. The van der Waals surface area contributed by atoms with Gasteiger partial charge in [0.2, 0.25) is 5.78 Å². The van der Waals surface area contributed by atoms with Gasteiger partial charge in [-0.05, 0) is 46.4 Å². The second kappa shape index (κ2) is 8.29. The predicted octanol–water partition coefficient (Wildman–Crippen LogP) is 4.87. The summed E-state index contributed by atoms with van der Waals surface area (Å²) in [6.45, 7) is 1.96. The molecule has 0 saturated heterocycles. The Hall–Kier alpha value is -2.44. The van der Waals surface area contributed by atoms with Gasteiger partial charge in [-0.1, -0.05) is 48.0 Å². The number of para-hydroxylation sites is 1. The normalized spacial score (nSPS) is 11.6. The van der Waals surface area contributed by atoms with Crippen LogP contribution >= 0.6 is 27.3 Å². The molecule has 3 aromatic rings. The van der Waals surface area contributed by atoms with E-state index in [1.807, 2.05) is 48.7 Å². The van der Waals surface area contributed by atoms with Crippen molar-refractivity contribution >= 4 is 44.6 Å². The molecule has 0 aliphatic carbocycles. The number of thiophene rings is 1. The molecule has 0 saturated carbocycles. The number of Topliss-reactive ketones (excluding diaryl/α,β-unsaturated/α-hetero) is 1. The molecule has 0 bridgehead atoms. The zero-order valence-electron chi connectivity index (χ0n) is 14.0. The molecule has 26 heavy (non-hydrogen) atoms. The van der Waals surface area contributed by atoms with Gasteiger partial charge in [-0.2, -0.15) is 0 Å². The molecule has 0 aliphatic heterocycles. The minimum atomic E-state index is -0.883. The van der Waals surface area contributed by atoms with Gasteiger partial charge in [0, 0.05) is 10.0 Å². The second-order valence-corrected chi connectivity index (χ2v) is 7.54. The number of nitrogens with one attached hydrogen (secondary N) is 2. The maximum absolute atomic E-state index is 13.0. The summed E-state index contributed by atoms with van der Waals surface area (Å²) in [7, 11) is 0. The van der Waals surface area contributed by atoms with Crippen molar-refractivity contribution in [3.63, 3.8) is 0 Å². The lowest BCUT2D eigenvalue weighted by atomic mass is 10.1. The van der Waals surface area contributed by atoms with Gasteiger partial charge >= 0.3 is 0 Å². The highest BCUT2D eigenvalue weighted by atomic mass is 79.9. The molecule has 4 nitrogen and oxygen atoms in total. The van der Waals surface area contributed by atoms with Gasteiger partial charge in [0.25, 0.3) is 5.91 Å². The van der Waals surface area contributed by atoms with Crippen molar-refractivity contribution in [1.82, 2.24) is 5.32 Å². The molecule has 2 N–H and O–H groups in total. The van der Waals surface area contributed by atoms with Gasteiger partial charge in [0.15, 0.2) is 6.17 Å². The van der Waals surface area contributed by atoms with Crippen LogP contribution in [-0.4, -0.2) is 17.9 Å². The van der Waals surface area contributed by atoms with E-state index in [0.29, 0.717) is 10.4 Å². The summed E-state index contributed by atoms with van der Waals surface area (Å²) in [4.78, 5) is 26.0. The first-order valence-corrected chi connectivity index (χ1v) is 9.68. The van der Waals surface area contributed by atoms with E-state index >= 15 is 0 Å². The van der Waals surface area contributed by atoms with Crippen LogP contribution in [0.25, 0.3) is 0 Å². The molecule has 0 fully saturated rings. The number of aryl methyl sites for hydroxylation is 1. The highest BCUT2D eigenvalue weighted by molar-refractivity contribution is 9.10. The third kappa shape index (κ3) is 4.39. The van der Waals surface area contributed by atoms with Gasteiger partial charge in [-0.15, -0.1) is 11.3 Å². The number of benzene rings is 2. The van der Waals surface area contributed by atoms with Crippen LogP contribution in [0, 0.1) is 6.92 Å². The maximum Gasteiger partial charge on any atom is 0.263 e. The van der Waals surface area contributed by atoms with E-state index in [0.717, 1.165) is 15.7 Å². The predicted molar refractivity (Wildman–Crippen MR) is 109 cm³/mol. The fourth-order valence-corrected chi connectivity index (χ4v) is 3.42. The summed E-state index contributed by atoms with van der Waals surface area (Å²) in [6.07, 6.45) is -0.883. The summed E-state index contributed by atoms with van der Waals surface area (Å²) in [5, 5.41) is 7.75. The number of hydrogen-bond acceptors (Lipinski definition) is 4. The van der Waals surface area contributed by atoms with Crippen LogP contribution in [0.4, 0.5) is 5.69 Å². The molecule has 6 heteroatoms. The molecule has 0 aliphatic rings. The SMILES string of the molecule is Cc1ccc(C(=O)[C@@H](NC(=O)c2cccs2)Nc2ccccc2Br)cc1. The Morgan fingerprint density at radius 3 is 2.38 bits per heavy atom. The van der Waals surface area contributed by atoms with E-state index in [-0.39, 0.29) is 11.7 Å². The third-order valence-corrected chi connectivity index (χ3v) is 5.35. The molecular formula is C20H17BrN2O2S. The Kier molecular flexibility index (Phi) is 5.85. The smallest absolute Gasteiger partial charge is 0.263 e. The summed E-state index contributed by atoms with van der Waals surface area (Å²) in [5.41, 5.74) is 2.33. The average Bonchev–Trinajstić information content (AvgIpc) is 3.18. The topological polar surface area (TPSA) is 58.2 Å². The molecule has 0 radical (unpaired) electrons. The van der Waals surface area contributed by atoms with Gasteiger partial charge in [0.1, 0.15) is 0 Å². The molecule has 1 amide bonds. The summed E-state index contributed by atoms with van der Waals surface area (Å²) >= 11 is 4.79. The van der Waals surface area contributed by atoms with Crippen LogP contribution in [-0.2, 0) is 0 Å². The minimum absolute atomic E-state index is 0.203. The van der Waals surface area contributed by atoms with Crippen molar-refractivity contribution in [1.29, 1.82) is 0 Å². The number of carbonyl (C=O) groups is 2. The monoisotopic (exact) mass is 428 g/mol. The van der Waals surface area contributed by atoms with Gasteiger partial charge < -0.3 is 10.6 Å². The summed E-state index contributed by atoms with van der Waals surface area (Å²) < 4.78 is 0.812. The van der Waals surface area contributed by atoms with Crippen molar-refractivity contribution in [2.75, 3.05) is 5.32 Å². The number of amides is 1. The van der Waals surface area contributed by atoms with Crippen molar-refractivity contribution in [2.45, 2.75) is 13.1 Å². The highest BCUT2D eigenvalue weighted by Crippen LogP contribution is 2.22.